The number of nitrogens with one attached hydrogen (secondary N) is 1. The summed E-state index contributed by atoms with van der Waals surface area (Å²) in [6, 6.07) is 3.74. The average molecular weight is 368 g/mol. The van der Waals surface area contributed by atoms with E-state index in [9.17, 15) is 22.4 Å². The Morgan fingerprint density at radius 2 is 2.00 bits per heavy atom. The molecule has 0 saturated heterocycles. The van der Waals surface area contributed by atoms with Crippen molar-refractivity contribution in [2.24, 2.45) is 0 Å². The van der Waals surface area contributed by atoms with E-state index in [0.29, 0.717) is 0 Å². The second-order valence-corrected chi connectivity index (χ2v) is 5.39. The predicted molar refractivity (Wildman–Crippen MR) is 85.6 cm³/mol. The quantitative estimate of drug-likeness (QED) is 0.484. The van der Waals surface area contributed by atoms with Gasteiger partial charge >= 0.3 is 6.18 Å². The van der Waals surface area contributed by atoms with Crippen LogP contribution in [0.3, 0.4) is 0 Å². The SMILES string of the molecule is Nc1ccc(-c2c(C(=O)NCC(F)(F)F)cn3ncnc(N)c23)cc1F. The molecule has 5 N–H and O–H groups in total. The van der Waals surface area contributed by atoms with Gasteiger partial charge in [-0.1, -0.05) is 6.07 Å². The smallest absolute Gasteiger partial charge is 0.396 e. The second kappa shape index (κ2) is 6.17. The molecule has 0 aliphatic heterocycles. The van der Waals surface area contributed by atoms with Gasteiger partial charge in [0.1, 0.15) is 24.2 Å². The number of amides is 1. The number of nitrogens with zero attached hydrogens (tertiary/aromatic N) is 3. The minimum Gasteiger partial charge on any atom is -0.396 e. The molecule has 0 saturated carbocycles. The highest BCUT2D eigenvalue weighted by Crippen LogP contribution is 2.33. The van der Waals surface area contributed by atoms with Crippen LogP contribution >= 0.6 is 0 Å². The average Bonchev–Trinajstić information content (AvgIpc) is 2.95. The molecule has 0 radical (unpaired) electrons. The van der Waals surface area contributed by atoms with Crippen molar-refractivity contribution in [3.05, 3.63) is 42.1 Å². The highest BCUT2D eigenvalue weighted by atomic mass is 19.4. The molecule has 0 atom stereocenters. The number of hydrogen-bond donors (Lipinski definition) is 3. The molecule has 1 aromatic carbocycles. The minimum absolute atomic E-state index is 0.0258. The van der Waals surface area contributed by atoms with Crippen LogP contribution in [0.4, 0.5) is 29.1 Å². The van der Waals surface area contributed by atoms with Gasteiger partial charge in [-0.2, -0.15) is 18.3 Å². The highest BCUT2D eigenvalue weighted by Gasteiger charge is 2.29. The number of anilines is 2. The van der Waals surface area contributed by atoms with E-state index in [1.807, 2.05) is 0 Å². The first-order chi connectivity index (χ1) is 12.2. The number of hydrogen-bond acceptors (Lipinski definition) is 5. The van der Waals surface area contributed by atoms with Crippen molar-refractivity contribution < 1.29 is 22.4 Å². The first-order valence-corrected chi connectivity index (χ1v) is 7.19. The van der Waals surface area contributed by atoms with Crippen molar-refractivity contribution >= 4 is 22.9 Å². The normalized spacial score (nSPS) is 11.7. The number of carbonyl (C=O) groups excluding carboxylic acids is 1. The number of benzene rings is 1. The fraction of sp³-hybridized carbons (Fsp3) is 0.133. The van der Waals surface area contributed by atoms with Gasteiger partial charge in [-0.05, 0) is 17.7 Å². The van der Waals surface area contributed by atoms with Gasteiger partial charge in [-0.15, -0.1) is 0 Å². The topological polar surface area (TPSA) is 111 Å². The van der Waals surface area contributed by atoms with E-state index in [-0.39, 0.29) is 33.7 Å². The zero-order chi connectivity index (χ0) is 19.1. The molecule has 0 fully saturated rings. The molecular formula is C15H12F4N6O. The first-order valence-electron chi connectivity index (χ1n) is 7.19. The molecule has 7 nitrogen and oxygen atoms in total. The molecule has 0 bridgehead atoms. The molecule has 11 heteroatoms. The Labute approximate surface area is 143 Å². The van der Waals surface area contributed by atoms with Crippen LogP contribution in [0.1, 0.15) is 10.4 Å². The van der Waals surface area contributed by atoms with E-state index in [1.165, 1.54) is 22.8 Å². The van der Waals surface area contributed by atoms with E-state index in [0.717, 1.165) is 12.4 Å². The lowest BCUT2D eigenvalue weighted by Crippen LogP contribution is -2.33. The summed E-state index contributed by atoms with van der Waals surface area (Å²) in [6.45, 7) is -1.52. The summed E-state index contributed by atoms with van der Waals surface area (Å²) < 4.78 is 52.2. The molecule has 3 aromatic rings. The molecule has 26 heavy (non-hydrogen) atoms. The van der Waals surface area contributed by atoms with Gasteiger partial charge in [0.15, 0.2) is 5.82 Å². The molecule has 2 heterocycles. The van der Waals surface area contributed by atoms with Gasteiger partial charge in [-0.3, -0.25) is 4.79 Å². The number of halogens is 4. The van der Waals surface area contributed by atoms with Crippen molar-refractivity contribution in [3.63, 3.8) is 0 Å². The summed E-state index contributed by atoms with van der Waals surface area (Å²) in [5.41, 5.74) is 11.4. The van der Waals surface area contributed by atoms with Crippen molar-refractivity contribution in [3.8, 4) is 11.1 Å². The zero-order valence-corrected chi connectivity index (χ0v) is 13.0. The van der Waals surface area contributed by atoms with Crippen molar-refractivity contribution in [1.82, 2.24) is 19.9 Å². The van der Waals surface area contributed by atoms with Crippen LogP contribution in [-0.4, -0.2) is 33.2 Å². The van der Waals surface area contributed by atoms with Crippen LogP contribution in [0.5, 0.6) is 0 Å². The van der Waals surface area contributed by atoms with Crippen LogP contribution in [0, 0.1) is 5.82 Å². The molecule has 0 spiro atoms. The Morgan fingerprint density at radius 3 is 2.65 bits per heavy atom. The summed E-state index contributed by atoms with van der Waals surface area (Å²) in [6.07, 6.45) is -2.27. The number of carbonyl (C=O) groups is 1. The van der Waals surface area contributed by atoms with Gasteiger partial charge in [-0.25, -0.2) is 13.9 Å². The summed E-state index contributed by atoms with van der Waals surface area (Å²) in [5, 5.41) is 5.66. The third kappa shape index (κ3) is 3.23. The predicted octanol–water partition coefficient (Wildman–Crippen LogP) is 1.99. The van der Waals surface area contributed by atoms with E-state index in [1.54, 1.807) is 5.32 Å². The number of fused-ring (bicyclic) bond motifs is 1. The summed E-state index contributed by atoms with van der Waals surface area (Å²) in [5.74, 6) is -1.79. The van der Waals surface area contributed by atoms with Gasteiger partial charge in [0.2, 0.25) is 0 Å². The van der Waals surface area contributed by atoms with E-state index < -0.39 is 24.4 Å². The molecule has 3 rings (SSSR count). The monoisotopic (exact) mass is 368 g/mol. The Balaban J connectivity index is 2.18. The fourth-order valence-electron chi connectivity index (χ4n) is 2.46. The van der Waals surface area contributed by atoms with Crippen LogP contribution in [-0.2, 0) is 0 Å². The first kappa shape index (κ1) is 17.5. The molecule has 2 aromatic heterocycles. The summed E-state index contributed by atoms with van der Waals surface area (Å²) >= 11 is 0. The Morgan fingerprint density at radius 1 is 1.27 bits per heavy atom. The van der Waals surface area contributed by atoms with Crippen LogP contribution in [0.2, 0.25) is 0 Å². The zero-order valence-electron chi connectivity index (χ0n) is 13.0. The number of aromatic nitrogens is 3. The number of nitrogen functional groups attached to an aromatic ring is 2. The summed E-state index contributed by atoms with van der Waals surface area (Å²) in [7, 11) is 0. The maximum absolute atomic E-state index is 13.9. The second-order valence-electron chi connectivity index (χ2n) is 5.39. The molecule has 136 valence electrons. The fourth-order valence-corrected chi connectivity index (χ4v) is 2.46. The van der Waals surface area contributed by atoms with Crippen molar-refractivity contribution in [1.29, 1.82) is 0 Å². The van der Waals surface area contributed by atoms with Crippen LogP contribution in [0.15, 0.2) is 30.7 Å². The van der Waals surface area contributed by atoms with E-state index >= 15 is 0 Å². The van der Waals surface area contributed by atoms with Crippen LogP contribution in [0.25, 0.3) is 16.6 Å². The van der Waals surface area contributed by atoms with Gasteiger partial charge in [0.05, 0.1) is 11.3 Å². The molecule has 1 amide bonds. The standard InChI is InChI=1S/C15H12F4N6O/c16-9-3-7(1-2-10(9)20)11-8(14(26)22-5-15(17,18)19)4-25-12(11)13(21)23-6-24-25/h1-4,6H,5,20H2,(H,22,26)(H2,21,23,24). The molecular weight excluding hydrogens is 356 g/mol. The third-order valence-electron chi connectivity index (χ3n) is 3.59. The lowest BCUT2D eigenvalue weighted by Gasteiger charge is -2.10. The van der Waals surface area contributed by atoms with Crippen LogP contribution < -0.4 is 16.8 Å². The third-order valence-corrected chi connectivity index (χ3v) is 3.59. The Kier molecular flexibility index (Phi) is 4.14. The number of alkyl halides is 3. The number of nitrogens with two attached hydrogens (primary N) is 2. The van der Waals surface area contributed by atoms with E-state index in [2.05, 4.69) is 10.1 Å². The maximum Gasteiger partial charge on any atom is 0.405 e. The lowest BCUT2D eigenvalue weighted by atomic mass is 10.0. The van der Waals surface area contributed by atoms with Gasteiger partial charge in [0, 0.05) is 11.8 Å². The Bertz CT molecular complexity index is 998. The van der Waals surface area contributed by atoms with Crippen molar-refractivity contribution in [2.45, 2.75) is 6.18 Å². The van der Waals surface area contributed by atoms with Crippen molar-refractivity contribution in [2.75, 3.05) is 18.0 Å². The maximum atomic E-state index is 13.9. The minimum atomic E-state index is -4.58. The van der Waals surface area contributed by atoms with E-state index in [4.69, 9.17) is 11.5 Å². The van der Waals surface area contributed by atoms with Gasteiger partial charge in [0.25, 0.3) is 5.91 Å². The largest absolute Gasteiger partial charge is 0.405 e. The highest BCUT2D eigenvalue weighted by molar-refractivity contribution is 6.07. The Hall–Kier alpha value is -3.37. The van der Waals surface area contributed by atoms with Gasteiger partial charge < -0.3 is 16.8 Å². The summed E-state index contributed by atoms with van der Waals surface area (Å²) in [4.78, 5) is 16.1. The molecule has 0 unspecified atom stereocenters. The molecule has 0 aliphatic rings. The lowest BCUT2D eigenvalue weighted by molar-refractivity contribution is -0.123. The molecule has 0 aliphatic carbocycles. The number of rotatable bonds is 3.